The summed E-state index contributed by atoms with van der Waals surface area (Å²) in [6, 6.07) is 0. The van der Waals surface area contributed by atoms with Crippen molar-refractivity contribution in [3.05, 3.63) is 0 Å². The quantitative estimate of drug-likeness (QED) is 0.687. The van der Waals surface area contributed by atoms with Crippen LogP contribution in [-0.4, -0.2) is 24.1 Å². The Balaban J connectivity index is 1.85. The summed E-state index contributed by atoms with van der Waals surface area (Å²) in [6.07, 6.45) is 3.28. The molecule has 0 radical (unpaired) electrons. The van der Waals surface area contributed by atoms with E-state index in [2.05, 4.69) is 0 Å². The molecule has 0 heterocycles. The van der Waals surface area contributed by atoms with Gasteiger partial charge in [0.25, 0.3) is 0 Å². The monoisotopic (exact) mass is 226 g/mol. The molecule has 0 aromatic rings. The van der Waals surface area contributed by atoms with Crippen LogP contribution in [0.1, 0.15) is 39.5 Å². The average Bonchev–Trinajstić information content (AvgIpc) is 2.76. The van der Waals surface area contributed by atoms with Crippen LogP contribution in [0.3, 0.4) is 0 Å². The fourth-order valence-electron chi connectivity index (χ4n) is 2.92. The van der Waals surface area contributed by atoms with Crippen molar-refractivity contribution in [2.45, 2.75) is 51.7 Å². The summed E-state index contributed by atoms with van der Waals surface area (Å²) in [6.45, 7) is 3.25. The summed E-state index contributed by atoms with van der Waals surface area (Å²) < 4.78 is 10.6. The standard InChI is InChI=1S/C12H18O4/c1-3-12(14)16-11-6-8-4-9(11)5-10(8)15-7(2)13/h8-11H,3-6H2,1-2H3. The van der Waals surface area contributed by atoms with Gasteiger partial charge in [-0.3, -0.25) is 9.59 Å². The van der Waals surface area contributed by atoms with Gasteiger partial charge in [0.15, 0.2) is 0 Å². The van der Waals surface area contributed by atoms with Gasteiger partial charge in [0.1, 0.15) is 12.2 Å². The molecule has 90 valence electrons. The lowest BCUT2D eigenvalue weighted by atomic mass is 9.95. The fraction of sp³-hybridized carbons (Fsp3) is 0.833. The molecule has 2 bridgehead atoms. The lowest BCUT2D eigenvalue weighted by molar-refractivity contribution is -0.157. The second kappa shape index (κ2) is 4.44. The number of fused-ring (bicyclic) bond motifs is 2. The fourth-order valence-corrected chi connectivity index (χ4v) is 2.92. The van der Waals surface area contributed by atoms with Crippen LogP contribution in [0.25, 0.3) is 0 Å². The number of carbonyl (C=O) groups excluding carboxylic acids is 2. The molecule has 0 aromatic carbocycles. The number of esters is 2. The maximum atomic E-state index is 11.2. The van der Waals surface area contributed by atoms with E-state index >= 15 is 0 Å². The molecule has 0 spiro atoms. The lowest BCUT2D eigenvalue weighted by Crippen LogP contribution is -2.31. The van der Waals surface area contributed by atoms with E-state index in [1.54, 1.807) is 6.92 Å². The molecule has 2 fully saturated rings. The normalized spacial score (nSPS) is 36.1. The Morgan fingerprint density at radius 1 is 1.06 bits per heavy atom. The summed E-state index contributed by atoms with van der Waals surface area (Å²) in [7, 11) is 0. The zero-order valence-corrected chi connectivity index (χ0v) is 9.77. The Labute approximate surface area is 95.3 Å². The Morgan fingerprint density at radius 3 is 2.06 bits per heavy atom. The van der Waals surface area contributed by atoms with E-state index in [1.165, 1.54) is 6.92 Å². The minimum atomic E-state index is -0.209. The van der Waals surface area contributed by atoms with Crippen LogP contribution in [0.2, 0.25) is 0 Å². The molecular formula is C12H18O4. The summed E-state index contributed by atoms with van der Waals surface area (Å²) >= 11 is 0. The number of hydrogen-bond donors (Lipinski definition) is 0. The molecule has 4 unspecified atom stereocenters. The molecule has 2 rings (SSSR count). The van der Waals surface area contributed by atoms with Crippen LogP contribution in [0, 0.1) is 11.8 Å². The summed E-state index contributed by atoms with van der Waals surface area (Å²) in [5.74, 6) is 0.453. The third-order valence-corrected chi connectivity index (χ3v) is 3.62. The van der Waals surface area contributed by atoms with Gasteiger partial charge in [-0.05, 0) is 31.1 Å². The van der Waals surface area contributed by atoms with Crippen LogP contribution in [0.15, 0.2) is 0 Å². The number of rotatable bonds is 3. The van der Waals surface area contributed by atoms with Crippen LogP contribution >= 0.6 is 0 Å². The molecule has 0 aliphatic heterocycles. The third kappa shape index (κ3) is 2.20. The van der Waals surface area contributed by atoms with E-state index in [1.807, 2.05) is 0 Å². The number of carbonyl (C=O) groups is 2. The van der Waals surface area contributed by atoms with Crippen molar-refractivity contribution in [2.75, 3.05) is 0 Å². The number of hydrogen-bond acceptors (Lipinski definition) is 4. The van der Waals surface area contributed by atoms with E-state index in [4.69, 9.17) is 9.47 Å². The van der Waals surface area contributed by atoms with Crippen molar-refractivity contribution < 1.29 is 19.1 Å². The van der Waals surface area contributed by atoms with Crippen LogP contribution in [0.4, 0.5) is 0 Å². The molecule has 0 N–H and O–H groups in total. The Bertz CT molecular complexity index is 299. The SMILES string of the molecule is CCC(=O)OC1CC2CC1CC2OC(C)=O. The van der Waals surface area contributed by atoms with E-state index in [9.17, 15) is 9.59 Å². The molecule has 4 atom stereocenters. The van der Waals surface area contributed by atoms with Crippen molar-refractivity contribution in [2.24, 2.45) is 11.8 Å². The first-order valence-corrected chi connectivity index (χ1v) is 5.96. The lowest BCUT2D eigenvalue weighted by Gasteiger charge is -2.27. The van der Waals surface area contributed by atoms with Crippen molar-refractivity contribution in [1.29, 1.82) is 0 Å². The number of ether oxygens (including phenoxy) is 2. The smallest absolute Gasteiger partial charge is 0.305 e. The predicted molar refractivity (Wildman–Crippen MR) is 56.6 cm³/mol. The van der Waals surface area contributed by atoms with Gasteiger partial charge in [0, 0.05) is 13.3 Å². The van der Waals surface area contributed by atoms with E-state index in [0.717, 1.165) is 19.3 Å². The molecule has 0 saturated heterocycles. The molecule has 16 heavy (non-hydrogen) atoms. The van der Waals surface area contributed by atoms with E-state index in [0.29, 0.717) is 18.3 Å². The van der Waals surface area contributed by atoms with Gasteiger partial charge < -0.3 is 9.47 Å². The van der Waals surface area contributed by atoms with Crippen molar-refractivity contribution in [3.63, 3.8) is 0 Å². The van der Waals surface area contributed by atoms with Gasteiger partial charge in [-0.25, -0.2) is 0 Å². The molecule has 2 aliphatic rings. The van der Waals surface area contributed by atoms with Crippen molar-refractivity contribution in [1.82, 2.24) is 0 Å². The molecule has 2 aliphatic carbocycles. The first-order valence-electron chi connectivity index (χ1n) is 5.96. The Morgan fingerprint density at radius 2 is 1.62 bits per heavy atom. The Kier molecular flexibility index (Phi) is 3.17. The van der Waals surface area contributed by atoms with Gasteiger partial charge >= 0.3 is 11.9 Å². The highest BCUT2D eigenvalue weighted by molar-refractivity contribution is 5.69. The second-order valence-corrected chi connectivity index (χ2v) is 4.76. The zero-order valence-electron chi connectivity index (χ0n) is 9.77. The average molecular weight is 226 g/mol. The van der Waals surface area contributed by atoms with E-state index < -0.39 is 0 Å². The molecule has 4 nitrogen and oxygen atoms in total. The van der Waals surface area contributed by atoms with Crippen LogP contribution in [-0.2, 0) is 19.1 Å². The highest BCUT2D eigenvalue weighted by atomic mass is 16.6. The highest BCUT2D eigenvalue weighted by Crippen LogP contribution is 2.47. The molecule has 0 amide bonds. The minimum Gasteiger partial charge on any atom is -0.462 e. The molecule has 4 heteroatoms. The van der Waals surface area contributed by atoms with Crippen molar-refractivity contribution >= 4 is 11.9 Å². The van der Waals surface area contributed by atoms with Crippen molar-refractivity contribution in [3.8, 4) is 0 Å². The van der Waals surface area contributed by atoms with Crippen LogP contribution in [0.5, 0.6) is 0 Å². The third-order valence-electron chi connectivity index (χ3n) is 3.62. The van der Waals surface area contributed by atoms with Crippen LogP contribution < -0.4 is 0 Å². The molecule has 2 saturated carbocycles. The molecule has 0 aromatic heterocycles. The predicted octanol–water partition coefficient (Wildman–Crippen LogP) is 1.67. The largest absolute Gasteiger partial charge is 0.462 e. The summed E-state index contributed by atoms with van der Waals surface area (Å²) in [5.41, 5.74) is 0. The first-order chi connectivity index (χ1) is 7.60. The van der Waals surface area contributed by atoms with E-state index in [-0.39, 0.29) is 24.1 Å². The summed E-state index contributed by atoms with van der Waals surface area (Å²) in [5, 5.41) is 0. The summed E-state index contributed by atoms with van der Waals surface area (Å²) in [4.78, 5) is 22.1. The highest BCUT2D eigenvalue weighted by Gasteiger charge is 2.48. The minimum absolute atomic E-state index is 0.0547. The van der Waals surface area contributed by atoms with Gasteiger partial charge in [-0.15, -0.1) is 0 Å². The molecular weight excluding hydrogens is 208 g/mol. The van der Waals surface area contributed by atoms with Gasteiger partial charge in [-0.1, -0.05) is 6.92 Å². The maximum Gasteiger partial charge on any atom is 0.305 e. The van der Waals surface area contributed by atoms with Gasteiger partial charge in [0.2, 0.25) is 0 Å². The topological polar surface area (TPSA) is 52.6 Å². The second-order valence-electron chi connectivity index (χ2n) is 4.76. The first kappa shape index (κ1) is 11.4. The zero-order chi connectivity index (χ0) is 11.7. The van der Waals surface area contributed by atoms with Gasteiger partial charge in [-0.2, -0.15) is 0 Å². The maximum absolute atomic E-state index is 11.2. The van der Waals surface area contributed by atoms with Gasteiger partial charge in [0.05, 0.1) is 0 Å². The Hall–Kier alpha value is -1.06.